The topological polar surface area (TPSA) is 32.3 Å². The third-order valence-electron chi connectivity index (χ3n) is 3.85. The van der Waals surface area contributed by atoms with Gasteiger partial charge in [0.25, 0.3) is 0 Å². The van der Waals surface area contributed by atoms with Crippen LogP contribution >= 0.6 is 0 Å². The number of hydrogen-bond acceptors (Lipinski definition) is 2. The monoisotopic (exact) mass is 268 g/mol. The molecule has 1 amide bonds. The second kappa shape index (κ2) is 7.28. The lowest BCUT2D eigenvalue weighted by atomic mass is 9.84. The Bertz CT molecular complexity index is 281. The van der Waals surface area contributed by atoms with Crippen molar-refractivity contribution in [3.8, 4) is 0 Å². The van der Waals surface area contributed by atoms with Gasteiger partial charge in [0.2, 0.25) is 5.91 Å². The third-order valence-corrected chi connectivity index (χ3v) is 3.85. The largest absolute Gasteiger partial charge is 0.342 e. The Morgan fingerprint density at radius 1 is 1.42 bits per heavy atom. The van der Waals surface area contributed by atoms with E-state index in [1.54, 1.807) is 0 Å². The van der Waals surface area contributed by atoms with Crippen LogP contribution in [0.15, 0.2) is 0 Å². The lowest BCUT2D eigenvalue weighted by molar-refractivity contribution is -0.134. The quantitative estimate of drug-likeness (QED) is 0.831. The molecule has 0 aromatic rings. The number of carbonyl (C=O) groups is 1. The number of amides is 1. The molecule has 2 atom stereocenters. The first-order valence-electron chi connectivity index (χ1n) is 7.74. The summed E-state index contributed by atoms with van der Waals surface area (Å²) in [5, 5.41) is 3.23. The summed E-state index contributed by atoms with van der Waals surface area (Å²) < 4.78 is 0. The summed E-state index contributed by atoms with van der Waals surface area (Å²) in [6.07, 6.45) is 4.24. The standard InChI is InChI=1S/C16H32N2O/c1-13(10-16(2,3)4)9-15(19)18-8-6-7-14(12-18)11-17-5/h13-14,17H,6-12H2,1-5H3. The predicted octanol–water partition coefficient (Wildman–Crippen LogP) is 2.91. The maximum Gasteiger partial charge on any atom is 0.222 e. The first-order chi connectivity index (χ1) is 8.81. The zero-order chi connectivity index (χ0) is 14.5. The molecule has 0 saturated carbocycles. The van der Waals surface area contributed by atoms with Gasteiger partial charge in [-0.1, -0.05) is 27.7 Å². The van der Waals surface area contributed by atoms with Gasteiger partial charge < -0.3 is 10.2 Å². The van der Waals surface area contributed by atoms with E-state index in [9.17, 15) is 4.79 Å². The average molecular weight is 268 g/mol. The normalized spacial score (nSPS) is 22.4. The van der Waals surface area contributed by atoms with Gasteiger partial charge in [0, 0.05) is 19.5 Å². The fourth-order valence-electron chi connectivity index (χ4n) is 3.29. The molecule has 1 saturated heterocycles. The van der Waals surface area contributed by atoms with Crippen molar-refractivity contribution < 1.29 is 4.79 Å². The highest BCUT2D eigenvalue weighted by atomic mass is 16.2. The fraction of sp³-hybridized carbons (Fsp3) is 0.938. The lowest BCUT2D eigenvalue weighted by Gasteiger charge is -2.34. The molecule has 3 heteroatoms. The van der Waals surface area contributed by atoms with Crippen molar-refractivity contribution in [3.63, 3.8) is 0 Å². The van der Waals surface area contributed by atoms with Gasteiger partial charge in [0.15, 0.2) is 0 Å². The molecule has 1 heterocycles. The Balaban J connectivity index is 2.40. The minimum atomic E-state index is 0.316. The molecule has 0 bridgehead atoms. The lowest BCUT2D eigenvalue weighted by Crippen LogP contribution is -2.43. The zero-order valence-electron chi connectivity index (χ0n) is 13.5. The van der Waals surface area contributed by atoms with Crippen molar-refractivity contribution in [2.75, 3.05) is 26.7 Å². The molecule has 112 valence electrons. The van der Waals surface area contributed by atoms with Crippen LogP contribution in [0.5, 0.6) is 0 Å². The molecule has 2 unspecified atom stereocenters. The van der Waals surface area contributed by atoms with E-state index in [0.717, 1.165) is 32.5 Å². The van der Waals surface area contributed by atoms with Crippen molar-refractivity contribution in [2.45, 2.75) is 53.4 Å². The van der Waals surface area contributed by atoms with Crippen LogP contribution in [-0.4, -0.2) is 37.5 Å². The van der Waals surface area contributed by atoms with Crippen molar-refractivity contribution in [3.05, 3.63) is 0 Å². The van der Waals surface area contributed by atoms with E-state index in [1.165, 1.54) is 6.42 Å². The van der Waals surface area contributed by atoms with Crippen LogP contribution in [-0.2, 0) is 4.79 Å². The number of nitrogens with zero attached hydrogens (tertiary/aromatic N) is 1. The molecule has 1 N–H and O–H groups in total. The van der Waals surface area contributed by atoms with Crippen LogP contribution in [0.4, 0.5) is 0 Å². The predicted molar refractivity (Wildman–Crippen MR) is 81.1 cm³/mol. The van der Waals surface area contributed by atoms with Gasteiger partial charge in [0.1, 0.15) is 0 Å². The molecule has 0 radical (unpaired) electrons. The minimum Gasteiger partial charge on any atom is -0.342 e. The Morgan fingerprint density at radius 3 is 2.68 bits per heavy atom. The zero-order valence-corrected chi connectivity index (χ0v) is 13.5. The van der Waals surface area contributed by atoms with Crippen LogP contribution in [0.1, 0.15) is 53.4 Å². The SMILES string of the molecule is CNCC1CCCN(C(=O)CC(C)CC(C)(C)C)C1. The van der Waals surface area contributed by atoms with E-state index in [4.69, 9.17) is 0 Å². The van der Waals surface area contributed by atoms with Crippen LogP contribution in [0.3, 0.4) is 0 Å². The molecule has 0 aromatic heterocycles. The smallest absolute Gasteiger partial charge is 0.222 e. The van der Waals surface area contributed by atoms with Gasteiger partial charge in [-0.3, -0.25) is 4.79 Å². The Hall–Kier alpha value is -0.570. The highest BCUT2D eigenvalue weighted by Gasteiger charge is 2.25. The highest BCUT2D eigenvalue weighted by molar-refractivity contribution is 5.76. The molecule has 0 spiro atoms. The summed E-state index contributed by atoms with van der Waals surface area (Å²) >= 11 is 0. The first-order valence-corrected chi connectivity index (χ1v) is 7.74. The number of piperidine rings is 1. The summed E-state index contributed by atoms with van der Waals surface area (Å²) in [5.41, 5.74) is 0.316. The van der Waals surface area contributed by atoms with Crippen LogP contribution in [0.25, 0.3) is 0 Å². The molecule has 3 nitrogen and oxygen atoms in total. The number of hydrogen-bond donors (Lipinski definition) is 1. The molecule has 1 aliphatic rings. The summed E-state index contributed by atoms with van der Waals surface area (Å²) in [4.78, 5) is 14.4. The van der Waals surface area contributed by atoms with E-state index >= 15 is 0 Å². The van der Waals surface area contributed by atoms with E-state index in [-0.39, 0.29) is 0 Å². The summed E-state index contributed by atoms with van der Waals surface area (Å²) in [6.45, 7) is 11.9. The van der Waals surface area contributed by atoms with Crippen LogP contribution < -0.4 is 5.32 Å². The molecule has 0 aromatic carbocycles. The van der Waals surface area contributed by atoms with E-state index in [0.29, 0.717) is 29.6 Å². The first kappa shape index (κ1) is 16.5. The summed E-state index contributed by atoms with van der Waals surface area (Å²) in [6, 6.07) is 0. The highest BCUT2D eigenvalue weighted by Crippen LogP contribution is 2.27. The molecular formula is C16H32N2O. The molecular weight excluding hydrogens is 236 g/mol. The third kappa shape index (κ3) is 6.42. The maximum atomic E-state index is 12.3. The number of likely N-dealkylation sites (tertiary alicyclic amines) is 1. The Morgan fingerprint density at radius 2 is 2.11 bits per heavy atom. The summed E-state index contributed by atoms with van der Waals surface area (Å²) in [5.74, 6) is 1.48. The second-order valence-corrected chi connectivity index (χ2v) is 7.48. The second-order valence-electron chi connectivity index (χ2n) is 7.48. The Labute approximate surface area is 119 Å². The van der Waals surface area contributed by atoms with Gasteiger partial charge >= 0.3 is 0 Å². The van der Waals surface area contributed by atoms with Gasteiger partial charge in [-0.05, 0) is 50.1 Å². The molecule has 1 fully saturated rings. The number of rotatable bonds is 5. The summed E-state index contributed by atoms with van der Waals surface area (Å²) in [7, 11) is 1.99. The van der Waals surface area contributed by atoms with E-state index in [1.807, 2.05) is 7.05 Å². The molecule has 0 aliphatic carbocycles. The van der Waals surface area contributed by atoms with E-state index in [2.05, 4.69) is 37.9 Å². The van der Waals surface area contributed by atoms with Gasteiger partial charge in [-0.2, -0.15) is 0 Å². The average Bonchev–Trinajstić information content (AvgIpc) is 2.27. The van der Waals surface area contributed by atoms with Crippen molar-refractivity contribution >= 4 is 5.91 Å². The molecule has 1 rings (SSSR count). The minimum absolute atomic E-state index is 0.316. The van der Waals surface area contributed by atoms with E-state index < -0.39 is 0 Å². The molecule has 19 heavy (non-hydrogen) atoms. The number of carbonyl (C=O) groups excluding carboxylic acids is 1. The van der Waals surface area contributed by atoms with Gasteiger partial charge in [0.05, 0.1) is 0 Å². The van der Waals surface area contributed by atoms with Crippen molar-refractivity contribution in [1.29, 1.82) is 0 Å². The van der Waals surface area contributed by atoms with Crippen LogP contribution in [0, 0.1) is 17.3 Å². The van der Waals surface area contributed by atoms with Gasteiger partial charge in [-0.25, -0.2) is 0 Å². The fourth-order valence-corrected chi connectivity index (χ4v) is 3.29. The number of nitrogens with one attached hydrogen (secondary N) is 1. The van der Waals surface area contributed by atoms with Crippen LogP contribution in [0.2, 0.25) is 0 Å². The molecule has 1 aliphatic heterocycles. The van der Waals surface area contributed by atoms with Crippen molar-refractivity contribution in [2.24, 2.45) is 17.3 Å². The van der Waals surface area contributed by atoms with Crippen molar-refractivity contribution in [1.82, 2.24) is 10.2 Å². The maximum absolute atomic E-state index is 12.3. The Kier molecular flexibility index (Phi) is 6.31. The van der Waals surface area contributed by atoms with Gasteiger partial charge in [-0.15, -0.1) is 0 Å².